The van der Waals surface area contributed by atoms with Crippen molar-refractivity contribution in [1.29, 1.82) is 0 Å². The first-order valence-corrected chi connectivity index (χ1v) is 6.90. The first kappa shape index (κ1) is 15.6. The summed E-state index contributed by atoms with van der Waals surface area (Å²) in [6.45, 7) is 0. The molecular formula is C14H11ClF2N4O2. The fourth-order valence-corrected chi connectivity index (χ4v) is 2.15. The van der Waals surface area contributed by atoms with Gasteiger partial charge >= 0.3 is 11.3 Å². The summed E-state index contributed by atoms with van der Waals surface area (Å²) in [5, 5.41) is 14.1. The predicted molar refractivity (Wildman–Crippen MR) is 76.8 cm³/mol. The number of aliphatic hydroxyl groups is 1. The average molecular weight is 341 g/mol. The maximum Gasteiger partial charge on any atom is 0.400 e. The van der Waals surface area contributed by atoms with Crippen LogP contribution in [0.25, 0.3) is 11.4 Å². The molecule has 2 aromatic heterocycles. The van der Waals surface area contributed by atoms with Crippen LogP contribution in [0, 0.1) is 0 Å². The Labute approximate surface area is 134 Å². The van der Waals surface area contributed by atoms with E-state index in [9.17, 15) is 13.9 Å². The molecule has 3 rings (SSSR count). The molecule has 0 amide bonds. The molecule has 0 fully saturated rings. The smallest absolute Gasteiger partial charge is 0.384 e. The van der Waals surface area contributed by atoms with Crippen LogP contribution >= 0.6 is 11.6 Å². The maximum absolute atomic E-state index is 12.9. The molecular weight excluding hydrogens is 330 g/mol. The summed E-state index contributed by atoms with van der Waals surface area (Å²) in [6, 6.07) is 6.54. The summed E-state index contributed by atoms with van der Waals surface area (Å²) in [4.78, 5) is 3.57. The highest BCUT2D eigenvalue weighted by Crippen LogP contribution is 2.32. The Kier molecular flexibility index (Phi) is 3.87. The normalized spacial score (nSPS) is 13.3. The fraction of sp³-hybridized carbons (Fsp3) is 0.214. The first-order chi connectivity index (χ1) is 10.8. The lowest BCUT2D eigenvalue weighted by Crippen LogP contribution is -2.03. The van der Waals surface area contributed by atoms with Crippen LogP contribution in [-0.2, 0) is 12.4 Å². The minimum absolute atomic E-state index is 0.0411. The fourth-order valence-electron chi connectivity index (χ4n) is 2.08. The van der Waals surface area contributed by atoms with Gasteiger partial charge in [0.15, 0.2) is 0 Å². The second kappa shape index (κ2) is 5.71. The minimum atomic E-state index is -3.72. The largest absolute Gasteiger partial charge is 0.400 e. The van der Waals surface area contributed by atoms with Crippen LogP contribution in [0.15, 0.2) is 41.2 Å². The standard InChI is InChI=1S/C14H11ClF2N4O2/c1-21-7-10(6-18-21)11(22)8-3-2-4-9(5-8)12-19-13(23-20-12)14(15,16)17/h2-7,11,22H,1H3. The zero-order valence-corrected chi connectivity index (χ0v) is 12.6. The van der Waals surface area contributed by atoms with Gasteiger partial charge in [-0.25, -0.2) is 0 Å². The number of alkyl halides is 3. The second-order valence-corrected chi connectivity index (χ2v) is 5.37. The quantitative estimate of drug-likeness (QED) is 0.739. The van der Waals surface area contributed by atoms with E-state index in [0.29, 0.717) is 16.7 Å². The number of aryl methyl sites for hydroxylation is 1. The summed E-state index contributed by atoms with van der Waals surface area (Å²) in [7, 11) is 1.74. The van der Waals surface area contributed by atoms with Gasteiger partial charge in [0.05, 0.1) is 6.20 Å². The molecule has 9 heteroatoms. The van der Waals surface area contributed by atoms with Gasteiger partial charge in [0.1, 0.15) is 6.10 Å². The summed E-state index contributed by atoms with van der Waals surface area (Å²) < 4.78 is 31.9. The first-order valence-electron chi connectivity index (χ1n) is 6.52. The molecule has 23 heavy (non-hydrogen) atoms. The molecule has 120 valence electrons. The molecule has 1 aromatic carbocycles. The number of benzene rings is 1. The second-order valence-electron chi connectivity index (χ2n) is 4.90. The summed E-state index contributed by atoms with van der Waals surface area (Å²) in [5.41, 5.74) is 1.56. The lowest BCUT2D eigenvalue weighted by Gasteiger charge is -2.09. The number of aliphatic hydroxyl groups excluding tert-OH is 1. The SMILES string of the molecule is Cn1cc(C(O)c2cccc(-c3noc(C(F)(F)Cl)n3)c2)cn1. The number of hydrogen-bond acceptors (Lipinski definition) is 5. The third-order valence-corrected chi connectivity index (χ3v) is 3.33. The van der Waals surface area contributed by atoms with Crippen molar-refractivity contribution in [1.82, 2.24) is 19.9 Å². The molecule has 0 aliphatic heterocycles. The molecule has 0 aliphatic carbocycles. The molecule has 1 N–H and O–H groups in total. The van der Waals surface area contributed by atoms with Crippen molar-refractivity contribution in [2.45, 2.75) is 11.5 Å². The van der Waals surface area contributed by atoms with Gasteiger partial charge in [-0.3, -0.25) is 4.68 Å². The molecule has 1 atom stereocenters. The van der Waals surface area contributed by atoms with E-state index in [4.69, 9.17) is 11.6 Å². The molecule has 0 bridgehead atoms. The van der Waals surface area contributed by atoms with Gasteiger partial charge < -0.3 is 9.63 Å². The van der Waals surface area contributed by atoms with E-state index in [2.05, 4.69) is 19.8 Å². The maximum atomic E-state index is 12.9. The van der Waals surface area contributed by atoms with Gasteiger partial charge in [0.2, 0.25) is 5.82 Å². The number of aromatic nitrogens is 4. The number of hydrogen-bond donors (Lipinski definition) is 1. The van der Waals surface area contributed by atoms with E-state index in [1.54, 1.807) is 42.2 Å². The van der Waals surface area contributed by atoms with Crippen molar-refractivity contribution in [2.24, 2.45) is 7.05 Å². The molecule has 0 aliphatic rings. The molecule has 0 saturated heterocycles. The average Bonchev–Trinajstić information content (AvgIpc) is 3.15. The minimum Gasteiger partial charge on any atom is -0.384 e. The van der Waals surface area contributed by atoms with Gasteiger partial charge in [-0.2, -0.15) is 18.9 Å². The van der Waals surface area contributed by atoms with Crippen LogP contribution in [0.1, 0.15) is 23.1 Å². The molecule has 3 aromatic rings. The Balaban J connectivity index is 1.92. The predicted octanol–water partition coefficient (Wildman–Crippen LogP) is 2.84. The van der Waals surface area contributed by atoms with Crippen molar-refractivity contribution < 1.29 is 18.4 Å². The molecule has 6 nitrogen and oxygen atoms in total. The Hall–Kier alpha value is -2.32. The van der Waals surface area contributed by atoms with Crippen LogP contribution in [-0.4, -0.2) is 25.0 Å². The highest BCUT2D eigenvalue weighted by molar-refractivity contribution is 6.21. The molecule has 0 saturated carbocycles. The van der Waals surface area contributed by atoms with Crippen molar-refractivity contribution >= 4 is 11.6 Å². The summed E-state index contributed by atoms with van der Waals surface area (Å²) in [6.07, 6.45) is 2.31. The van der Waals surface area contributed by atoms with Crippen LogP contribution in [0.2, 0.25) is 0 Å². The Morgan fingerprint density at radius 2 is 2.13 bits per heavy atom. The van der Waals surface area contributed by atoms with Gasteiger partial charge in [-0.1, -0.05) is 23.4 Å². The Morgan fingerprint density at radius 3 is 2.74 bits per heavy atom. The van der Waals surface area contributed by atoms with Gasteiger partial charge in [0, 0.05) is 24.4 Å². The number of halogens is 3. The van der Waals surface area contributed by atoms with Crippen LogP contribution in [0.4, 0.5) is 8.78 Å². The summed E-state index contributed by atoms with van der Waals surface area (Å²) in [5.74, 6) is -1.02. The topological polar surface area (TPSA) is 77.0 Å². The van der Waals surface area contributed by atoms with E-state index in [1.165, 1.54) is 6.20 Å². The molecule has 0 spiro atoms. The Bertz CT molecular complexity index is 828. The monoisotopic (exact) mass is 340 g/mol. The third kappa shape index (κ3) is 3.22. The summed E-state index contributed by atoms with van der Waals surface area (Å²) >= 11 is 4.84. The molecule has 0 radical (unpaired) electrons. The van der Waals surface area contributed by atoms with Gasteiger partial charge in [-0.05, 0) is 23.2 Å². The lowest BCUT2D eigenvalue weighted by molar-refractivity contribution is 0.0551. The van der Waals surface area contributed by atoms with E-state index in [0.717, 1.165) is 0 Å². The van der Waals surface area contributed by atoms with E-state index in [-0.39, 0.29) is 5.82 Å². The number of rotatable bonds is 4. The van der Waals surface area contributed by atoms with Crippen LogP contribution in [0.5, 0.6) is 0 Å². The van der Waals surface area contributed by atoms with E-state index >= 15 is 0 Å². The molecule has 2 heterocycles. The van der Waals surface area contributed by atoms with Crippen LogP contribution in [0.3, 0.4) is 0 Å². The highest BCUT2D eigenvalue weighted by Gasteiger charge is 2.35. The lowest BCUT2D eigenvalue weighted by atomic mass is 10.0. The highest BCUT2D eigenvalue weighted by atomic mass is 35.5. The molecule has 1 unspecified atom stereocenters. The van der Waals surface area contributed by atoms with Crippen molar-refractivity contribution in [3.63, 3.8) is 0 Å². The van der Waals surface area contributed by atoms with Crippen molar-refractivity contribution in [2.75, 3.05) is 0 Å². The van der Waals surface area contributed by atoms with E-state index < -0.39 is 17.4 Å². The van der Waals surface area contributed by atoms with Crippen molar-refractivity contribution in [3.8, 4) is 11.4 Å². The number of nitrogens with zero attached hydrogens (tertiary/aromatic N) is 4. The van der Waals surface area contributed by atoms with Crippen LogP contribution < -0.4 is 0 Å². The van der Waals surface area contributed by atoms with Gasteiger partial charge in [0.25, 0.3) is 0 Å². The van der Waals surface area contributed by atoms with E-state index in [1.807, 2.05) is 0 Å². The third-order valence-electron chi connectivity index (χ3n) is 3.17. The van der Waals surface area contributed by atoms with Crippen molar-refractivity contribution in [3.05, 3.63) is 53.7 Å². The zero-order valence-electron chi connectivity index (χ0n) is 11.8. The zero-order chi connectivity index (χ0) is 16.6. The Morgan fingerprint density at radius 1 is 1.35 bits per heavy atom. The van der Waals surface area contributed by atoms with Gasteiger partial charge in [-0.15, -0.1) is 0 Å².